The molecular weight excluding hydrogens is 509 g/mol. The van der Waals surface area contributed by atoms with Gasteiger partial charge in [-0.1, -0.05) is 18.2 Å². The van der Waals surface area contributed by atoms with Gasteiger partial charge in [0.25, 0.3) is 17.7 Å². The number of halogens is 1. The Labute approximate surface area is 233 Å². The third-order valence-corrected chi connectivity index (χ3v) is 7.65. The molecule has 40 heavy (non-hydrogen) atoms. The van der Waals surface area contributed by atoms with E-state index in [1.54, 1.807) is 41.3 Å². The van der Waals surface area contributed by atoms with E-state index in [1.807, 2.05) is 12.1 Å². The highest BCUT2D eigenvalue weighted by Gasteiger charge is 2.26. The van der Waals surface area contributed by atoms with Gasteiger partial charge in [0.15, 0.2) is 0 Å². The van der Waals surface area contributed by atoms with Crippen LogP contribution in [0.3, 0.4) is 0 Å². The van der Waals surface area contributed by atoms with Crippen molar-refractivity contribution in [2.45, 2.75) is 37.8 Å². The highest BCUT2D eigenvalue weighted by molar-refractivity contribution is 6.07. The summed E-state index contributed by atoms with van der Waals surface area (Å²) in [5.41, 5.74) is 8.74. The lowest BCUT2D eigenvalue weighted by Gasteiger charge is -2.37. The van der Waals surface area contributed by atoms with E-state index < -0.39 is 0 Å². The fourth-order valence-corrected chi connectivity index (χ4v) is 5.29. The molecule has 2 fully saturated rings. The van der Waals surface area contributed by atoms with Crippen molar-refractivity contribution >= 4 is 29.1 Å². The lowest BCUT2D eigenvalue weighted by molar-refractivity contribution is 0.0746. The summed E-state index contributed by atoms with van der Waals surface area (Å²) in [5, 5.41) is 6.12. The van der Waals surface area contributed by atoms with E-state index in [0.717, 1.165) is 31.4 Å². The van der Waals surface area contributed by atoms with Crippen molar-refractivity contribution < 1.29 is 18.8 Å². The third-order valence-electron chi connectivity index (χ3n) is 7.65. The first-order valence-electron chi connectivity index (χ1n) is 13.7. The van der Waals surface area contributed by atoms with Crippen LogP contribution in [-0.2, 0) is 0 Å². The molecule has 0 aromatic heterocycles. The SMILES string of the molecule is NC1CCC(NC(=O)c2ccc(N3CCN(C(=O)c4ccc(F)cc4)CC3)c(NC(=O)c3ccccc3)c2)CC1. The molecule has 1 saturated heterocycles. The number of benzene rings is 3. The van der Waals surface area contributed by atoms with Gasteiger partial charge >= 0.3 is 0 Å². The normalized spacial score (nSPS) is 19.1. The molecule has 0 radical (unpaired) electrons. The van der Waals surface area contributed by atoms with Gasteiger partial charge in [-0.2, -0.15) is 0 Å². The highest BCUT2D eigenvalue weighted by Crippen LogP contribution is 2.30. The van der Waals surface area contributed by atoms with E-state index in [1.165, 1.54) is 24.3 Å². The Hall–Kier alpha value is -4.24. The van der Waals surface area contributed by atoms with Crippen LogP contribution in [0.1, 0.15) is 56.8 Å². The monoisotopic (exact) mass is 543 g/mol. The van der Waals surface area contributed by atoms with E-state index in [9.17, 15) is 18.8 Å². The molecule has 0 unspecified atom stereocenters. The van der Waals surface area contributed by atoms with E-state index in [0.29, 0.717) is 48.6 Å². The van der Waals surface area contributed by atoms with E-state index >= 15 is 0 Å². The van der Waals surface area contributed by atoms with Crippen molar-refractivity contribution in [2.24, 2.45) is 5.73 Å². The molecule has 0 atom stereocenters. The number of anilines is 2. The van der Waals surface area contributed by atoms with Gasteiger partial charge in [-0.05, 0) is 80.3 Å². The van der Waals surface area contributed by atoms with Crippen LogP contribution in [0.15, 0.2) is 72.8 Å². The maximum Gasteiger partial charge on any atom is 0.255 e. The number of hydrogen-bond acceptors (Lipinski definition) is 5. The number of carbonyl (C=O) groups excluding carboxylic acids is 3. The van der Waals surface area contributed by atoms with Gasteiger partial charge in [-0.25, -0.2) is 4.39 Å². The van der Waals surface area contributed by atoms with Crippen LogP contribution in [0.25, 0.3) is 0 Å². The van der Waals surface area contributed by atoms with Crippen LogP contribution >= 0.6 is 0 Å². The zero-order valence-electron chi connectivity index (χ0n) is 22.3. The minimum atomic E-state index is -0.383. The van der Waals surface area contributed by atoms with Gasteiger partial charge in [-0.3, -0.25) is 14.4 Å². The Morgan fingerprint density at radius 1 is 0.750 bits per heavy atom. The first-order valence-corrected chi connectivity index (χ1v) is 13.7. The van der Waals surface area contributed by atoms with Gasteiger partial charge in [-0.15, -0.1) is 0 Å². The minimum absolute atomic E-state index is 0.0843. The lowest BCUT2D eigenvalue weighted by atomic mass is 9.91. The van der Waals surface area contributed by atoms with Crippen molar-refractivity contribution in [3.8, 4) is 0 Å². The maximum absolute atomic E-state index is 13.3. The predicted molar refractivity (Wildman–Crippen MR) is 153 cm³/mol. The van der Waals surface area contributed by atoms with Gasteiger partial charge in [0.05, 0.1) is 11.4 Å². The van der Waals surface area contributed by atoms with Gasteiger partial charge < -0.3 is 26.2 Å². The fraction of sp³-hybridized carbons (Fsp3) is 0.323. The van der Waals surface area contributed by atoms with Crippen molar-refractivity contribution in [2.75, 3.05) is 36.4 Å². The molecule has 3 aromatic rings. The number of hydrogen-bond donors (Lipinski definition) is 3. The minimum Gasteiger partial charge on any atom is -0.366 e. The Bertz CT molecular complexity index is 1350. The summed E-state index contributed by atoms with van der Waals surface area (Å²) < 4.78 is 13.3. The molecule has 1 aliphatic heterocycles. The fourth-order valence-electron chi connectivity index (χ4n) is 5.29. The number of nitrogens with one attached hydrogen (secondary N) is 2. The molecule has 3 amide bonds. The van der Waals surface area contributed by atoms with Crippen molar-refractivity contribution in [1.82, 2.24) is 10.2 Å². The summed E-state index contributed by atoms with van der Waals surface area (Å²) in [6, 6.07) is 20.1. The van der Waals surface area contributed by atoms with Crippen LogP contribution in [0, 0.1) is 5.82 Å². The second-order valence-corrected chi connectivity index (χ2v) is 10.4. The average molecular weight is 544 g/mol. The van der Waals surface area contributed by atoms with Crippen molar-refractivity contribution in [3.05, 3.63) is 95.3 Å². The van der Waals surface area contributed by atoms with Gasteiger partial charge in [0, 0.05) is 55.0 Å². The van der Waals surface area contributed by atoms with E-state index in [-0.39, 0.29) is 35.6 Å². The molecule has 1 aliphatic carbocycles. The van der Waals surface area contributed by atoms with Crippen LogP contribution < -0.4 is 21.3 Å². The number of nitrogens with two attached hydrogens (primary N) is 1. The summed E-state index contributed by atoms with van der Waals surface area (Å²) >= 11 is 0. The van der Waals surface area contributed by atoms with Crippen molar-refractivity contribution in [1.29, 1.82) is 0 Å². The number of piperazine rings is 1. The largest absolute Gasteiger partial charge is 0.366 e. The first kappa shape index (κ1) is 27.3. The van der Waals surface area contributed by atoms with Crippen LogP contribution in [0.5, 0.6) is 0 Å². The molecule has 4 N–H and O–H groups in total. The summed E-state index contributed by atoms with van der Waals surface area (Å²) in [6.07, 6.45) is 3.48. The lowest BCUT2D eigenvalue weighted by Crippen LogP contribution is -2.49. The van der Waals surface area contributed by atoms with Gasteiger partial charge in [0.2, 0.25) is 0 Å². The Kier molecular flexibility index (Phi) is 8.40. The maximum atomic E-state index is 13.3. The van der Waals surface area contributed by atoms with E-state index in [4.69, 9.17) is 5.73 Å². The van der Waals surface area contributed by atoms with Gasteiger partial charge in [0.1, 0.15) is 5.82 Å². The number of amides is 3. The summed E-state index contributed by atoms with van der Waals surface area (Å²) in [5.74, 6) is -0.984. The summed E-state index contributed by atoms with van der Waals surface area (Å²) in [7, 11) is 0. The molecule has 0 spiro atoms. The zero-order chi connectivity index (χ0) is 28.1. The highest BCUT2D eigenvalue weighted by atomic mass is 19.1. The third kappa shape index (κ3) is 6.48. The van der Waals surface area contributed by atoms with Crippen LogP contribution in [-0.4, -0.2) is 60.9 Å². The Morgan fingerprint density at radius 3 is 2.08 bits per heavy atom. The second kappa shape index (κ2) is 12.3. The molecule has 9 heteroatoms. The molecule has 0 bridgehead atoms. The van der Waals surface area contributed by atoms with Crippen molar-refractivity contribution in [3.63, 3.8) is 0 Å². The first-order chi connectivity index (χ1) is 19.4. The zero-order valence-corrected chi connectivity index (χ0v) is 22.3. The Balaban J connectivity index is 1.32. The average Bonchev–Trinajstić information content (AvgIpc) is 2.99. The second-order valence-electron chi connectivity index (χ2n) is 10.4. The molecule has 3 aromatic carbocycles. The summed E-state index contributed by atoms with van der Waals surface area (Å²) in [4.78, 5) is 42.9. The van der Waals surface area contributed by atoms with Crippen LogP contribution in [0.2, 0.25) is 0 Å². The molecule has 1 saturated carbocycles. The topological polar surface area (TPSA) is 108 Å². The molecule has 208 valence electrons. The predicted octanol–water partition coefficient (Wildman–Crippen LogP) is 4.04. The van der Waals surface area contributed by atoms with Crippen LogP contribution in [0.4, 0.5) is 15.8 Å². The smallest absolute Gasteiger partial charge is 0.255 e. The van der Waals surface area contributed by atoms with E-state index in [2.05, 4.69) is 15.5 Å². The quantitative estimate of drug-likeness (QED) is 0.435. The number of carbonyl (C=O) groups is 3. The summed E-state index contributed by atoms with van der Waals surface area (Å²) in [6.45, 7) is 2.01. The Morgan fingerprint density at radius 2 is 1.40 bits per heavy atom. The number of nitrogens with zero attached hydrogens (tertiary/aromatic N) is 2. The molecular formula is C31H34FN5O3. The standard InChI is InChI=1S/C31H34FN5O3/c32-24-9-6-22(7-10-24)31(40)37-18-16-36(17-19-37)28-15-8-23(30(39)34-26-13-11-25(33)12-14-26)20-27(28)35-29(38)21-4-2-1-3-5-21/h1-10,15,20,25-26H,11-14,16-19,33H2,(H,34,39)(H,35,38). The molecule has 5 rings (SSSR count). The molecule has 2 aliphatic rings. The molecule has 1 heterocycles. The molecule has 8 nitrogen and oxygen atoms in total. The number of rotatable bonds is 6.